The molecule has 1 N–H and O–H groups in total. The third-order valence-electron chi connectivity index (χ3n) is 5.82. The van der Waals surface area contributed by atoms with Gasteiger partial charge in [0.1, 0.15) is 23.0 Å². The minimum absolute atomic E-state index is 0.0199. The van der Waals surface area contributed by atoms with Gasteiger partial charge in [-0.1, -0.05) is 19.1 Å². The second kappa shape index (κ2) is 12.7. The Bertz CT molecular complexity index is 1190. The summed E-state index contributed by atoms with van der Waals surface area (Å²) in [4.78, 5) is 26.7. The van der Waals surface area contributed by atoms with Crippen molar-refractivity contribution in [2.75, 3.05) is 43.2 Å². The fraction of sp³-hybridized carbons (Fsp3) is 0.310. The van der Waals surface area contributed by atoms with Crippen LogP contribution in [0.25, 0.3) is 0 Å². The van der Waals surface area contributed by atoms with Gasteiger partial charge in [0.05, 0.1) is 18.9 Å². The average molecular weight is 505 g/mol. The van der Waals surface area contributed by atoms with Crippen molar-refractivity contribution in [2.24, 2.45) is 0 Å². The van der Waals surface area contributed by atoms with Crippen LogP contribution in [-0.4, -0.2) is 44.8 Å². The van der Waals surface area contributed by atoms with Crippen molar-refractivity contribution < 1.29 is 28.5 Å². The maximum atomic E-state index is 12.6. The molecule has 37 heavy (non-hydrogen) atoms. The summed E-state index contributed by atoms with van der Waals surface area (Å²) < 4.78 is 22.4. The van der Waals surface area contributed by atoms with Gasteiger partial charge in [-0.05, 0) is 79.9 Å². The number of rotatable bonds is 12. The highest BCUT2D eigenvalue weighted by Gasteiger charge is 2.25. The summed E-state index contributed by atoms with van der Waals surface area (Å²) >= 11 is 0. The molecule has 1 aliphatic rings. The number of carbonyl (C=O) groups excluding carboxylic acids is 2. The summed E-state index contributed by atoms with van der Waals surface area (Å²) in [6.07, 6.45) is 1.63. The molecule has 4 rings (SSSR count). The summed E-state index contributed by atoms with van der Waals surface area (Å²) in [7, 11) is 0. The highest BCUT2D eigenvalue weighted by atomic mass is 16.5. The number of benzene rings is 3. The Balaban J connectivity index is 1.30. The van der Waals surface area contributed by atoms with Crippen LogP contribution in [-0.2, 0) is 16.0 Å². The number of nitrogens with one attached hydrogen (secondary N) is 1. The molecule has 0 radical (unpaired) electrons. The van der Waals surface area contributed by atoms with E-state index < -0.39 is 0 Å². The van der Waals surface area contributed by atoms with Gasteiger partial charge in [-0.3, -0.25) is 9.59 Å². The molecule has 0 aromatic heterocycles. The normalized spacial score (nSPS) is 12.4. The summed E-state index contributed by atoms with van der Waals surface area (Å²) in [6.45, 7) is 5.39. The molecule has 8 nitrogen and oxygen atoms in total. The van der Waals surface area contributed by atoms with Crippen LogP contribution in [0, 0.1) is 0 Å². The van der Waals surface area contributed by atoms with Crippen molar-refractivity contribution >= 4 is 23.2 Å². The largest absolute Gasteiger partial charge is 0.494 e. The molecule has 0 saturated heterocycles. The minimum atomic E-state index is -0.314. The number of hydrogen-bond donors (Lipinski definition) is 1. The molecule has 0 fully saturated rings. The Morgan fingerprint density at radius 1 is 0.919 bits per heavy atom. The van der Waals surface area contributed by atoms with Crippen molar-refractivity contribution in [3.8, 4) is 23.0 Å². The Hall–Kier alpha value is -4.20. The van der Waals surface area contributed by atoms with Crippen LogP contribution in [0.4, 0.5) is 11.4 Å². The van der Waals surface area contributed by atoms with Crippen molar-refractivity contribution in [1.29, 1.82) is 0 Å². The Morgan fingerprint density at radius 2 is 1.59 bits per heavy atom. The third-order valence-corrected chi connectivity index (χ3v) is 5.82. The SMILES string of the molecule is CCOc1ccc(OCC(=O)Nc2ccc3c(c2)N(CCCOc2ccc(CC)cc2)C(=O)CO3)cc1. The zero-order chi connectivity index (χ0) is 26.0. The number of anilines is 2. The molecule has 0 saturated carbocycles. The molecule has 1 heterocycles. The summed E-state index contributed by atoms with van der Waals surface area (Å²) in [5.41, 5.74) is 2.43. The molecular formula is C29H32N2O6. The van der Waals surface area contributed by atoms with Crippen LogP contribution >= 0.6 is 0 Å². The lowest BCUT2D eigenvalue weighted by molar-refractivity contribution is -0.121. The van der Waals surface area contributed by atoms with E-state index in [1.54, 1.807) is 47.4 Å². The van der Waals surface area contributed by atoms with Gasteiger partial charge in [0.2, 0.25) is 0 Å². The maximum absolute atomic E-state index is 12.6. The lowest BCUT2D eigenvalue weighted by atomic mass is 10.2. The van der Waals surface area contributed by atoms with Crippen molar-refractivity contribution in [2.45, 2.75) is 26.7 Å². The van der Waals surface area contributed by atoms with Gasteiger partial charge < -0.3 is 29.2 Å². The summed E-state index contributed by atoms with van der Waals surface area (Å²) in [6, 6.07) is 20.3. The van der Waals surface area contributed by atoms with Gasteiger partial charge in [-0.25, -0.2) is 0 Å². The van der Waals surface area contributed by atoms with Gasteiger partial charge in [0.15, 0.2) is 13.2 Å². The predicted octanol–water partition coefficient (Wildman–Crippen LogP) is 4.86. The lowest BCUT2D eigenvalue weighted by Crippen LogP contribution is -2.39. The second-order valence-corrected chi connectivity index (χ2v) is 8.46. The van der Waals surface area contributed by atoms with Gasteiger partial charge >= 0.3 is 0 Å². The lowest BCUT2D eigenvalue weighted by Gasteiger charge is -2.30. The molecule has 0 bridgehead atoms. The quantitative estimate of drug-likeness (QED) is 0.355. The third kappa shape index (κ3) is 7.16. The fourth-order valence-electron chi connectivity index (χ4n) is 3.90. The number of aryl methyl sites for hydroxylation is 1. The van der Waals surface area contributed by atoms with Crippen LogP contribution in [0.5, 0.6) is 23.0 Å². The second-order valence-electron chi connectivity index (χ2n) is 8.46. The van der Waals surface area contributed by atoms with Gasteiger partial charge in [-0.15, -0.1) is 0 Å². The first-order valence-corrected chi connectivity index (χ1v) is 12.5. The Kier molecular flexibility index (Phi) is 8.86. The average Bonchev–Trinajstić information content (AvgIpc) is 2.92. The van der Waals surface area contributed by atoms with Crippen LogP contribution < -0.4 is 29.2 Å². The van der Waals surface area contributed by atoms with Gasteiger partial charge in [0.25, 0.3) is 11.8 Å². The van der Waals surface area contributed by atoms with Crippen LogP contribution in [0.3, 0.4) is 0 Å². The number of ether oxygens (including phenoxy) is 4. The maximum Gasteiger partial charge on any atom is 0.265 e. The molecule has 194 valence electrons. The van der Waals surface area contributed by atoms with E-state index in [1.807, 2.05) is 19.1 Å². The molecule has 0 unspecified atom stereocenters. The van der Waals surface area contributed by atoms with Gasteiger partial charge in [0, 0.05) is 12.2 Å². The number of carbonyl (C=O) groups is 2. The molecule has 8 heteroatoms. The predicted molar refractivity (Wildman–Crippen MR) is 142 cm³/mol. The zero-order valence-corrected chi connectivity index (χ0v) is 21.2. The van der Waals surface area contributed by atoms with Crippen LogP contribution in [0.15, 0.2) is 66.7 Å². The van der Waals surface area contributed by atoms with E-state index >= 15 is 0 Å². The summed E-state index contributed by atoms with van der Waals surface area (Å²) in [5, 5.41) is 2.82. The highest BCUT2D eigenvalue weighted by Crippen LogP contribution is 2.34. The van der Waals surface area contributed by atoms with Crippen molar-refractivity contribution in [3.63, 3.8) is 0 Å². The Morgan fingerprint density at radius 3 is 2.30 bits per heavy atom. The first kappa shape index (κ1) is 25.9. The standard InChI is InChI=1S/C29H32N2O6/c1-3-21-6-9-24(10-7-21)35-17-5-16-31-26-18-22(8-15-27(26)37-20-29(31)33)30-28(32)19-36-25-13-11-23(12-14-25)34-4-2/h6-15,18H,3-5,16-17,19-20H2,1-2H3,(H,30,32). The highest BCUT2D eigenvalue weighted by molar-refractivity contribution is 5.99. The van der Waals surface area contributed by atoms with Crippen molar-refractivity contribution in [1.82, 2.24) is 0 Å². The smallest absolute Gasteiger partial charge is 0.265 e. The molecule has 3 aromatic carbocycles. The number of amides is 2. The number of hydrogen-bond acceptors (Lipinski definition) is 6. The van der Waals surface area contributed by atoms with E-state index in [2.05, 4.69) is 24.4 Å². The molecule has 0 spiro atoms. The first-order chi connectivity index (χ1) is 18.1. The molecule has 0 aliphatic carbocycles. The van der Waals surface area contributed by atoms with E-state index in [0.29, 0.717) is 49.1 Å². The molecule has 3 aromatic rings. The Labute approximate surface area is 217 Å². The van der Waals surface area contributed by atoms with Crippen molar-refractivity contribution in [3.05, 3.63) is 72.3 Å². The topological polar surface area (TPSA) is 86.3 Å². The molecular weight excluding hydrogens is 472 g/mol. The molecule has 0 atom stereocenters. The number of fused-ring (bicyclic) bond motifs is 1. The van der Waals surface area contributed by atoms with E-state index in [-0.39, 0.29) is 25.0 Å². The van der Waals surface area contributed by atoms with E-state index in [1.165, 1.54) is 5.56 Å². The zero-order valence-electron chi connectivity index (χ0n) is 21.2. The minimum Gasteiger partial charge on any atom is -0.494 e. The van der Waals surface area contributed by atoms with Crippen LogP contribution in [0.1, 0.15) is 25.8 Å². The molecule has 2 amide bonds. The van der Waals surface area contributed by atoms with E-state index in [0.717, 1.165) is 17.9 Å². The van der Waals surface area contributed by atoms with E-state index in [4.69, 9.17) is 18.9 Å². The first-order valence-electron chi connectivity index (χ1n) is 12.5. The monoisotopic (exact) mass is 504 g/mol. The molecule has 1 aliphatic heterocycles. The summed E-state index contributed by atoms with van der Waals surface area (Å²) in [5.74, 6) is 2.26. The number of nitrogens with zero attached hydrogens (tertiary/aromatic N) is 1. The van der Waals surface area contributed by atoms with E-state index in [9.17, 15) is 9.59 Å². The van der Waals surface area contributed by atoms with Crippen LogP contribution in [0.2, 0.25) is 0 Å². The fourth-order valence-corrected chi connectivity index (χ4v) is 3.90. The van der Waals surface area contributed by atoms with Gasteiger partial charge in [-0.2, -0.15) is 0 Å².